The minimum atomic E-state index is -0.446. The number of halogens is 2. The number of hydrogen-bond acceptors (Lipinski definition) is 2. The zero-order chi connectivity index (χ0) is 22.2. The predicted molar refractivity (Wildman–Crippen MR) is 134 cm³/mol. The van der Waals surface area contributed by atoms with Gasteiger partial charge in [-0.15, -0.1) is 0 Å². The molecule has 0 amide bonds. The summed E-state index contributed by atoms with van der Waals surface area (Å²) in [6.07, 6.45) is 0. The molecule has 0 aromatic heterocycles. The topological polar surface area (TPSA) is 6.48 Å². The van der Waals surface area contributed by atoms with Gasteiger partial charge in [-0.05, 0) is 23.8 Å². The molecule has 1 heterocycles. The Balaban J connectivity index is 0.000000342. The Morgan fingerprint density at radius 2 is 0.848 bits per heavy atom. The maximum atomic E-state index is 2.76. The predicted octanol–water partition coefficient (Wildman–Crippen LogP) is -1.49. The van der Waals surface area contributed by atoms with Gasteiger partial charge >= 0.3 is 84.9 Å². The van der Waals surface area contributed by atoms with Crippen molar-refractivity contribution in [2.45, 2.75) is 39.8 Å². The fourth-order valence-electron chi connectivity index (χ4n) is 3.67. The van der Waals surface area contributed by atoms with Crippen molar-refractivity contribution in [3.05, 3.63) is 91.0 Å². The Labute approximate surface area is 223 Å². The van der Waals surface area contributed by atoms with Gasteiger partial charge in [0.05, 0.1) is 0 Å². The minimum absolute atomic E-state index is 0. The van der Waals surface area contributed by atoms with Crippen LogP contribution in [0.15, 0.2) is 91.0 Å². The van der Waals surface area contributed by atoms with Gasteiger partial charge in [0.15, 0.2) is 0 Å². The summed E-state index contributed by atoms with van der Waals surface area (Å²) in [7, 11) is -0.446. The van der Waals surface area contributed by atoms with E-state index >= 15 is 0 Å². The largest absolute Gasteiger partial charge is 1.00 e. The van der Waals surface area contributed by atoms with E-state index in [1.54, 1.807) is 0 Å². The van der Waals surface area contributed by atoms with Crippen LogP contribution in [0.5, 0.6) is 0 Å². The van der Waals surface area contributed by atoms with E-state index in [1.165, 1.54) is 33.4 Å². The van der Waals surface area contributed by atoms with Crippen LogP contribution < -0.4 is 40.7 Å². The quantitative estimate of drug-likeness (QED) is 0.265. The van der Waals surface area contributed by atoms with Crippen molar-refractivity contribution in [1.29, 1.82) is 0 Å². The van der Waals surface area contributed by atoms with Crippen LogP contribution in [0, 0.1) is 0 Å². The average Bonchev–Trinajstić information content (AvgIpc) is 3.19. The second kappa shape index (κ2) is 15.2. The third kappa shape index (κ3) is 8.36. The van der Waals surface area contributed by atoms with Crippen molar-refractivity contribution in [1.82, 2.24) is 9.80 Å². The second-order valence-corrected chi connectivity index (χ2v) is 11.2. The van der Waals surface area contributed by atoms with Gasteiger partial charge in [0.2, 0.25) is 0 Å². The summed E-state index contributed by atoms with van der Waals surface area (Å²) in [5.41, 5.74) is 0. The van der Waals surface area contributed by atoms with E-state index in [2.05, 4.69) is 146 Å². The Kier molecular flexibility index (Phi) is 13.8. The smallest absolute Gasteiger partial charge is 0.0134 e. The van der Waals surface area contributed by atoms with Gasteiger partial charge in [-0.3, -0.25) is 0 Å². The van der Waals surface area contributed by atoms with Crippen LogP contribution in [-0.4, -0.2) is 39.3 Å². The molecule has 6 heteroatoms. The standard InChI is InChI=1S/C18H15P.C9H18N2.2ClH.Ru/c1-4-10-16(11-5-1)19(17-12-6-2-7-13-17)18-14-8-3-9-15-18;1-8(2)10-5-6-11(7-10)9(3)4;;;/h1-15H;8-9H,5-6H2,1-4H3;2*1H;/q;;;;+2/p-2. The van der Waals surface area contributed by atoms with Crippen LogP contribution in [-0.2, 0) is 17.9 Å². The molecule has 1 aliphatic heterocycles. The molecule has 0 spiro atoms. The second-order valence-electron chi connectivity index (χ2n) is 8.17. The molecule has 3 aromatic rings. The van der Waals surface area contributed by atoms with Gasteiger partial charge in [-0.1, -0.05) is 91.0 Å². The van der Waals surface area contributed by atoms with Crippen LogP contribution in [0.4, 0.5) is 0 Å². The molecule has 1 saturated heterocycles. The minimum Gasteiger partial charge on any atom is -1.00 e. The van der Waals surface area contributed by atoms with Gasteiger partial charge in [0.25, 0.3) is 0 Å². The molecule has 0 atom stereocenters. The molecule has 1 fully saturated rings. The van der Waals surface area contributed by atoms with Gasteiger partial charge in [-0.2, -0.15) is 0 Å². The summed E-state index contributed by atoms with van der Waals surface area (Å²) in [4.78, 5) is 4.88. The van der Waals surface area contributed by atoms with Gasteiger partial charge in [0.1, 0.15) is 0 Å². The molecule has 0 radical (unpaired) electrons. The first-order valence-electron chi connectivity index (χ1n) is 11.0. The van der Waals surface area contributed by atoms with Crippen LogP contribution in [0.1, 0.15) is 27.7 Å². The van der Waals surface area contributed by atoms with Crippen LogP contribution in [0.25, 0.3) is 0 Å². The zero-order valence-electron chi connectivity index (χ0n) is 19.7. The van der Waals surface area contributed by atoms with Crippen molar-refractivity contribution in [2.24, 2.45) is 0 Å². The Bertz CT molecular complexity index is 828. The molecule has 33 heavy (non-hydrogen) atoms. The Morgan fingerprint density at radius 1 is 0.576 bits per heavy atom. The molecule has 0 N–H and O–H groups in total. The Hall–Kier alpha value is -0.917. The van der Waals surface area contributed by atoms with Crippen molar-refractivity contribution >= 4 is 28.2 Å². The van der Waals surface area contributed by atoms with Gasteiger partial charge in [-0.25, -0.2) is 0 Å². The number of nitrogens with zero attached hydrogens (tertiary/aromatic N) is 2. The van der Waals surface area contributed by atoms with Crippen LogP contribution >= 0.6 is 7.92 Å². The fourth-order valence-corrected chi connectivity index (χ4v) is 7.26. The zero-order valence-corrected chi connectivity index (χ0v) is 23.8. The molecule has 3 aromatic carbocycles. The first kappa shape index (κ1) is 30.1. The SMILES string of the molecule is CC(C)N1CCN(C(C)C)[C]1=[Ru+2].[Cl-].[Cl-].c1ccc(P(c2ccccc2)c2ccccc2)cc1. The molecule has 0 aliphatic carbocycles. The molecular weight excluding hydrogens is 555 g/mol. The molecule has 0 saturated carbocycles. The molecule has 4 rings (SSSR count). The normalized spacial score (nSPS) is 14.0. The summed E-state index contributed by atoms with van der Waals surface area (Å²) in [6, 6.07) is 33.6. The summed E-state index contributed by atoms with van der Waals surface area (Å²) < 4.78 is 1.37. The van der Waals surface area contributed by atoms with Gasteiger partial charge in [0, 0.05) is 0 Å². The maximum Gasteiger partial charge on any atom is -0.0134 e. The van der Waals surface area contributed by atoms with E-state index in [0.29, 0.717) is 12.1 Å². The summed E-state index contributed by atoms with van der Waals surface area (Å²) in [5, 5.41) is 4.19. The van der Waals surface area contributed by atoms with Crippen LogP contribution in [0.2, 0.25) is 0 Å². The third-order valence-electron chi connectivity index (χ3n) is 5.33. The molecule has 1 aliphatic rings. The molecule has 178 valence electrons. The number of rotatable bonds is 5. The third-order valence-corrected chi connectivity index (χ3v) is 8.77. The summed E-state index contributed by atoms with van der Waals surface area (Å²) in [6.45, 7) is 11.3. The van der Waals surface area contributed by atoms with Gasteiger partial charge < -0.3 is 24.8 Å². The van der Waals surface area contributed by atoms with E-state index in [0.717, 1.165) is 0 Å². The van der Waals surface area contributed by atoms with Crippen molar-refractivity contribution in [2.75, 3.05) is 13.1 Å². The summed E-state index contributed by atoms with van der Waals surface area (Å²) >= 11 is 2.76. The number of hydrogen-bond donors (Lipinski definition) is 0. The average molecular weight is 589 g/mol. The summed E-state index contributed by atoms with van der Waals surface area (Å²) in [5.74, 6) is 0. The van der Waals surface area contributed by atoms with E-state index in [9.17, 15) is 0 Å². The first-order valence-corrected chi connectivity index (χ1v) is 13.2. The van der Waals surface area contributed by atoms with Crippen LogP contribution in [0.3, 0.4) is 0 Å². The van der Waals surface area contributed by atoms with E-state index in [4.69, 9.17) is 0 Å². The maximum absolute atomic E-state index is 2.76. The van der Waals surface area contributed by atoms with Crippen molar-refractivity contribution in [3.63, 3.8) is 0 Å². The Morgan fingerprint density at radius 3 is 1.06 bits per heavy atom. The van der Waals surface area contributed by atoms with E-state index < -0.39 is 7.92 Å². The molecule has 2 nitrogen and oxygen atoms in total. The molecular formula is C27H33Cl2N2PRu. The molecule has 0 unspecified atom stereocenters. The fraction of sp³-hybridized carbons (Fsp3) is 0.296. The van der Waals surface area contributed by atoms with E-state index in [-0.39, 0.29) is 24.8 Å². The van der Waals surface area contributed by atoms with Crippen molar-refractivity contribution < 1.29 is 42.7 Å². The van der Waals surface area contributed by atoms with Crippen molar-refractivity contribution in [3.8, 4) is 0 Å². The molecule has 0 bridgehead atoms. The first-order chi connectivity index (χ1) is 15.0. The number of benzene rings is 3. The monoisotopic (exact) mass is 588 g/mol. The van der Waals surface area contributed by atoms with E-state index in [1.807, 2.05) is 0 Å².